The maximum absolute atomic E-state index is 13.6. The molecule has 1 N–H and O–H groups in total. The monoisotopic (exact) mass is 452 g/mol. The fraction of sp³-hybridized carbons (Fsp3) is 0.458. The summed E-state index contributed by atoms with van der Waals surface area (Å²) < 4.78 is 15.8. The molecule has 2 aliphatic heterocycles. The third kappa shape index (κ3) is 4.66. The number of benzene rings is 1. The van der Waals surface area contributed by atoms with Crippen molar-refractivity contribution in [3.05, 3.63) is 48.7 Å². The van der Waals surface area contributed by atoms with Crippen LogP contribution in [0.15, 0.2) is 42.9 Å². The Bertz CT molecular complexity index is 1040. The van der Waals surface area contributed by atoms with E-state index in [0.29, 0.717) is 18.0 Å². The first-order valence-electron chi connectivity index (χ1n) is 11.4. The number of nitrogens with one attached hydrogen (secondary N) is 1. The zero-order valence-corrected chi connectivity index (χ0v) is 19.2. The van der Waals surface area contributed by atoms with E-state index in [4.69, 9.17) is 9.97 Å². The van der Waals surface area contributed by atoms with Gasteiger partial charge in [0.15, 0.2) is 0 Å². The van der Waals surface area contributed by atoms with E-state index in [1.165, 1.54) is 23.6 Å². The predicted molar refractivity (Wildman–Crippen MR) is 128 cm³/mol. The Hall–Kier alpha value is -2.45. The highest BCUT2D eigenvalue weighted by molar-refractivity contribution is 7.99. The zero-order chi connectivity index (χ0) is 21.9. The van der Waals surface area contributed by atoms with Crippen LogP contribution in [0.4, 0.5) is 10.3 Å². The Morgan fingerprint density at radius 1 is 1.00 bits per heavy atom. The van der Waals surface area contributed by atoms with Crippen molar-refractivity contribution in [2.24, 2.45) is 0 Å². The van der Waals surface area contributed by atoms with Gasteiger partial charge in [0, 0.05) is 23.8 Å². The van der Waals surface area contributed by atoms with Gasteiger partial charge >= 0.3 is 0 Å². The summed E-state index contributed by atoms with van der Waals surface area (Å²) >= 11 is 2.01. The van der Waals surface area contributed by atoms with E-state index in [1.54, 1.807) is 12.1 Å². The minimum atomic E-state index is -0.246. The number of aromatic nitrogens is 4. The number of hydrogen-bond donors (Lipinski definition) is 1. The average molecular weight is 453 g/mol. The van der Waals surface area contributed by atoms with Crippen LogP contribution < -0.4 is 5.32 Å². The zero-order valence-electron chi connectivity index (χ0n) is 18.4. The average Bonchev–Trinajstić information content (AvgIpc) is 3.26. The molecule has 5 rings (SSSR count). The van der Waals surface area contributed by atoms with Gasteiger partial charge in [-0.3, -0.25) is 0 Å². The van der Waals surface area contributed by atoms with Crippen LogP contribution in [0.25, 0.3) is 22.6 Å². The van der Waals surface area contributed by atoms with Crippen LogP contribution in [0.1, 0.15) is 31.7 Å². The fourth-order valence-corrected chi connectivity index (χ4v) is 5.67. The molecule has 2 aromatic heterocycles. The first kappa shape index (κ1) is 21.4. The molecule has 2 fully saturated rings. The minimum absolute atomic E-state index is 0.246. The van der Waals surface area contributed by atoms with Crippen LogP contribution in [0.3, 0.4) is 0 Å². The molecule has 0 radical (unpaired) electrons. The maximum Gasteiger partial charge on any atom is 0.223 e. The Kier molecular flexibility index (Phi) is 6.41. The van der Waals surface area contributed by atoms with Crippen LogP contribution in [0.2, 0.25) is 0 Å². The number of thioether (sulfide) groups is 1. The number of halogens is 1. The third-order valence-corrected chi connectivity index (χ3v) is 7.49. The van der Waals surface area contributed by atoms with Gasteiger partial charge in [-0.25, -0.2) is 19.3 Å². The number of likely N-dealkylation sites (tertiary alicyclic amines) is 1. The molecule has 0 atom stereocenters. The van der Waals surface area contributed by atoms with Crippen molar-refractivity contribution in [1.82, 2.24) is 24.4 Å². The van der Waals surface area contributed by atoms with Crippen LogP contribution in [0, 0.1) is 5.82 Å². The van der Waals surface area contributed by atoms with Gasteiger partial charge in [-0.15, -0.1) is 0 Å². The Morgan fingerprint density at radius 3 is 2.50 bits per heavy atom. The van der Waals surface area contributed by atoms with Gasteiger partial charge in [0.2, 0.25) is 5.95 Å². The normalized spacial score (nSPS) is 18.7. The molecule has 0 amide bonds. The molecule has 2 aliphatic rings. The van der Waals surface area contributed by atoms with Gasteiger partial charge in [0.05, 0.1) is 23.4 Å². The maximum atomic E-state index is 13.6. The molecular formula is C24H29FN6S. The minimum Gasteiger partial charge on any atom is -0.351 e. The smallest absolute Gasteiger partial charge is 0.223 e. The Morgan fingerprint density at radius 2 is 1.75 bits per heavy atom. The summed E-state index contributed by atoms with van der Waals surface area (Å²) in [7, 11) is 2.17. The lowest BCUT2D eigenvalue weighted by molar-refractivity contribution is 0.222. The molecule has 32 heavy (non-hydrogen) atoms. The molecule has 6 nitrogen and oxygen atoms in total. The number of piperidine rings is 1. The van der Waals surface area contributed by atoms with Crippen molar-refractivity contribution in [1.29, 1.82) is 0 Å². The molecule has 3 aromatic rings. The first-order valence-corrected chi connectivity index (χ1v) is 12.5. The van der Waals surface area contributed by atoms with Gasteiger partial charge in [0.1, 0.15) is 5.82 Å². The van der Waals surface area contributed by atoms with Gasteiger partial charge in [-0.1, -0.05) is 0 Å². The van der Waals surface area contributed by atoms with Crippen molar-refractivity contribution in [2.75, 3.05) is 37.0 Å². The van der Waals surface area contributed by atoms with Gasteiger partial charge < -0.3 is 14.8 Å². The van der Waals surface area contributed by atoms with Crippen LogP contribution in [-0.2, 0) is 0 Å². The van der Waals surface area contributed by atoms with E-state index in [9.17, 15) is 4.39 Å². The topological polar surface area (TPSA) is 58.9 Å². The highest BCUT2D eigenvalue weighted by Gasteiger charge is 2.25. The summed E-state index contributed by atoms with van der Waals surface area (Å²) in [5.41, 5.74) is 3.56. The molecule has 2 saturated heterocycles. The predicted octanol–water partition coefficient (Wildman–Crippen LogP) is 4.72. The second-order valence-electron chi connectivity index (χ2n) is 8.69. The molecule has 0 spiro atoms. The molecule has 8 heteroatoms. The van der Waals surface area contributed by atoms with Crippen LogP contribution >= 0.6 is 11.8 Å². The van der Waals surface area contributed by atoms with E-state index >= 15 is 0 Å². The van der Waals surface area contributed by atoms with E-state index < -0.39 is 0 Å². The van der Waals surface area contributed by atoms with E-state index in [2.05, 4.69) is 26.8 Å². The lowest BCUT2D eigenvalue weighted by Crippen LogP contribution is -2.31. The van der Waals surface area contributed by atoms with Gasteiger partial charge in [0.25, 0.3) is 0 Å². The fourth-order valence-electron chi connectivity index (χ4n) is 4.57. The lowest BCUT2D eigenvalue weighted by Gasteiger charge is -2.30. The molecule has 0 unspecified atom stereocenters. The first-order chi connectivity index (χ1) is 15.7. The van der Waals surface area contributed by atoms with Crippen molar-refractivity contribution in [3.63, 3.8) is 0 Å². The van der Waals surface area contributed by atoms with Crippen molar-refractivity contribution in [2.45, 2.75) is 37.8 Å². The summed E-state index contributed by atoms with van der Waals surface area (Å²) in [5.74, 6) is 2.77. The summed E-state index contributed by atoms with van der Waals surface area (Å²) in [6.45, 7) is 2.12. The highest BCUT2D eigenvalue weighted by Crippen LogP contribution is 2.35. The van der Waals surface area contributed by atoms with E-state index in [1.807, 2.05) is 30.4 Å². The van der Waals surface area contributed by atoms with E-state index in [0.717, 1.165) is 61.4 Å². The van der Waals surface area contributed by atoms with Crippen molar-refractivity contribution < 1.29 is 4.39 Å². The molecule has 4 heterocycles. The number of hydrogen-bond acceptors (Lipinski definition) is 6. The Balaban J connectivity index is 1.52. The van der Waals surface area contributed by atoms with Crippen molar-refractivity contribution in [3.8, 4) is 22.6 Å². The summed E-state index contributed by atoms with van der Waals surface area (Å²) in [6.07, 6.45) is 8.15. The largest absolute Gasteiger partial charge is 0.351 e. The van der Waals surface area contributed by atoms with E-state index in [-0.39, 0.29) is 5.82 Å². The summed E-state index contributed by atoms with van der Waals surface area (Å²) in [6, 6.07) is 9.30. The van der Waals surface area contributed by atoms with Crippen LogP contribution in [-0.4, -0.2) is 62.1 Å². The number of anilines is 1. The molecule has 168 valence electrons. The Labute approximate surface area is 192 Å². The van der Waals surface area contributed by atoms with Crippen molar-refractivity contribution >= 4 is 17.7 Å². The summed E-state index contributed by atoms with van der Waals surface area (Å²) in [4.78, 5) is 16.5. The quantitative estimate of drug-likeness (QED) is 0.605. The second-order valence-corrected chi connectivity index (χ2v) is 9.91. The summed E-state index contributed by atoms with van der Waals surface area (Å²) in [5, 5.41) is 3.53. The SMILES string of the molecule is CN1CCC(n2cnc(-c3ccc(F)cc3)c2-c2ccnc(NC3CCSCC3)n2)CC1. The highest BCUT2D eigenvalue weighted by atomic mass is 32.2. The second kappa shape index (κ2) is 9.58. The number of nitrogens with zero attached hydrogens (tertiary/aromatic N) is 5. The molecule has 0 bridgehead atoms. The third-order valence-electron chi connectivity index (χ3n) is 6.45. The molecule has 0 aliphatic carbocycles. The van der Waals surface area contributed by atoms with Gasteiger partial charge in [-0.2, -0.15) is 11.8 Å². The lowest BCUT2D eigenvalue weighted by atomic mass is 10.0. The number of rotatable bonds is 5. The molecule has 1 aromatic carbocycles. The molecule has 0 saturated carbocycles. The van der Waals surface area contributed by atoms with Gasteiger partial charge in [-0.05, 0) is 87.7 Å². The number of imidazole rings is 1. The van der Waals surface area contributed by atoms with Crippen LogP contribution in [0.5, 0.6) is 0 Å². The molecular weight excluding hydrogens is 423 g/mol. The standard InChI is InChI=1S/C24H29FN6S/c1-30-12-7-20(8-13-30)31-16-27-22(17-2-4-18(25)5-3-17)23(31)21-6-11-26-24(29-21)28-19-9-14-32-15-10-19/h2-6,11,16,19-20H,7-10,12-15H2,1H3,(H,26,28,29).